The van der Waals surface area contributed by atoms with Crippen LogP contribution in [0.2, 0.25) is 5.02 Å². The van der Waals surface area contributed by atoms with Crippen LogP contribution in [-0.2, 0) is 9.59 Å². The van der Waals surface area contributed by atoms with Crippen molar-refractivity contribution in [3.8, 4) is 0 Å². The maximum Gasteiger partial charge on any atom is 0.325 e. The van der Waals surface area contributed by atoms with Gasteiger partial charge in [0.1, 0.15) is 12.1 Å². The molecule has 1 heterocycles. The maximum atomic E-state index is 12.6. The molecule has 1 saturated carbocycles. The molecule has 1 aromatic rings. The second-order valence-electron chi connectivity index (χ2n) is 6.69. The molecule has 1 spiro atoms. The Morgan fingerprint density at radius 1 is 1.28 bits per heavy atom. The number of carbonyl (C=O) groups is 3. The molecule has 1 atom stereocenters. The molecule has 0 aromatic heterocycles. The number of imide groups is 1. The molecule has 4 amide bonds. The molecule has 2 fully saturated rings. The van der Waals surface area contributed by atoms with Crippen LogP contribution < -0.4 is 10.6 Å². The summed E-state index contributed by atoms with van der Waals surface area (Å²) in [6.45, 7) is 1.71. The lowest BCUT2D eigenvalue weighted by Crippen LogP contribution is -2.45. The van der Waals surface area contributed by atoms with E-state index in [4.69, 9.17) is 11.6 Å². The SMILES string of the molecule is CC[C@@H](NC(=O)CN1C(=O)NC2(CCCC2)C1=O)c1ccc(Cl)cc1. The fourth-order valence-corrected chi connectivity index (χ4v) is 3.76. The molecule has 1 aromatic carbocycles. The molecule has 2 aliphatic rings. The van der Waals surface area contributed by atoms with Gasteiger partial charge < -0.3 is 10.6 Å². The summed E-state index contributed by atoms with van der Waals surface area (Å²) in [4.78, 5) is 38.2. The van der Waals surface area contributed by atoms with E-state index in [0.717, 1.165) is 23.3 Å². The van der Waals surface area contributed by atoms with Crippen molar-refractivity contribution in [2.75, 3.05) is 6.54 Å². The highest BCUT2D eigenvalue weighted by molar-refractivity contribution is 6.30. The van der Waals surface area contributed by atoms with Crippen molar-refractivity contribution in [3.05, 3.63) is 34.9 Å². The molecular weight excluding hydrogens is 342 g/mol. The topological polar surface area (TPSA) is 78.5 Å². The first kappa shape index (κ1) is 17.7. The van der Waals surface area contributed by atoms with Gasteiger partial charge in [-0.3, -0.25) is 14.5 Å². The van der Waals surface area contributed by atoms with Gasteiger partial charge in [-0.05, 0) is 37.0 Å². The molecule has 1 saturated heterocycles. The van der Waals surface area contributed by atoms with Crippen molar-refractivity contribution in [1.29, 1.82) is 0 Å². The lowest BCUT2D eigenvalue weighted by Gasteiger charge is -2.21. The number of carbonyl (C=O) groups excluding carboxylic acids is 3. The molecule has 2 N–H and O–H groups in total. The number of nitrogens with one attached hydrogen (secondary N) is 2. The summed E-state index contributed by atoms with van der Waals surface area (Å²) >= 11 is 5.89. The second kappa shape index (κ2) is 7.04. The van der Waals surface area contributed by atoms with Crippen molar-refractivity contribution >= 4 is 29.4 Å². The van der Waals surface area contributed by atoms with Crippen LogP contribution in [0.25, 0.3) is 0 Å². The summed E-state index contributed by atoms with van der Waals surface area (Å²) in [5.41, 5.74) is 0.155. The van der Waals surface area contributed by atoms with Crippen molar-refractivity contribution in [3.63, 3.8) is 0 Å². The summed E-state index contributed by atoms with van der Waals surface area (Å²) in [7, 11) is 0. The fourth-order valence-electron chi connectivity index (χ4n) is 3.64. The van der Waals surface area contributed by atoms with Crippen LogP contribution in [0.5, 0.6) is 0 Å². The highest BCUT2D eigenvalue weighted by Crippen LogP contribution is 2.34. The van der Waals surface area contributed by atoms with Gasteiger partial charge in [-0.25, -0.2) is 4.79 Å². The first-order valence-corrected chi connectivity index (χ1v) is 9.02. The van der Waals surface area contributed by atoms with Crippen molar-refractivity contribution < 1.29 is 14.4 Å². The number of hydrogen-bond donors (Lipinski definition) is 2. The van der Waals surface area contributed by atoms with Crippen molar-refractivity contribution in [1.82, 2.24) is 15.5 Å². The van der Waals surface area contributed by atoms with Crippen LogP contribution in [0, 0.1) is 0 Å². The van der Waals surface area contributed by atoms with Gasteiger partial charge in [0.05, 0.1) is 6.04 Å². The number of benzene rings is 1. The van der Waals surface area contributed by atoms with Crippen LogP contribution in [0.4, 0.5) is 4.79 Å². The predicted octanol–water partition coefficient (Wildman–Crippen LogP) is 2.77. The van der Waals surface area contributed by atoms with E-state index in [1.165, 1.54) is 0 Å². The van der Waals surface area contributed by atoms with Crippen molar-refractivity contribution in [2.24, 2.45) is 0 Å². The molecule has 1 aliphatic heterocycles. The Hall–Kier alpha value is -2.08. The quantitative estimate of drug-likeness (QED) is 0.789. The van der Waals surface area contributed by atoms with Crippen LogP contribution in [0.1, 0.15) is 50.6 Å². The Balaban J connectivity index is 1.64. The lowest BCUT2D eigenvalue weighted by molar-refractivity contribution is -0.135. The van der Waals surface area contributed by atoms with Gasteiger partial charge in [0.15, 0.2) is 0 Å². The van der Waals surface area contributed by atoms with Crippen LogP contribution in [-0.4, -0.2) is 34.8 Å². The summed E-state index contributed by atoms with van der Waals surface area (Å²) in [5, 5.41) is 6.31. The number of amides is 4. The Morgan fingerprint density at radius 2 is 1.92 bits per heavy atom. The van der Waals surface area contributed by atoms with E-state index < -0.39 is 11.6 Å². The number of rotatable bonds is 5. The first-order chi connectivity index (χ1) is 11.9. The van der Waals surface area contributed by atoms with Gasteiger partial charge in [-0.2, -0.15) is 0 Å². The highest BCUT2D eigenvalue weighted by atomic mass is 35.5. The first-order valence-electron chi connectivity index (χ1n) is 8.64. The standard InChI is InChI=1S/C18H22ClN3O3/c1-2-14(12-5-7-13(19)8-6-12)20-15(23)11-22-16(24)18(21-17(22)25)9-3-4-10-18/h5-8,14H,2-4,9-11H2,1H3,(H,20,23)(H,21,25)/t14-/m1/s1. The van der Waals surface area contributed by atoms with E-state index in [0.29, 0.717) is 24.3 Å². The molecule has 6 nitrogen and oxygen atoms in total. The van der Waals surface area contributed by atoms with Crippen LogP contribution in [0.3, 0.4) is 0 Å². The third kappa shape index (κ3) is 3.49. The molecule has 25 heavy (non-hydrogen) atoms. The second-order valence-corrected chi connectivity index (χ2v) is 7.13. The smallest absolute Gasteiger partial charge is 0.325 e. The number of nitrogens with zero attached hydrogens (tertiary/aromatic N) is 1. The van der Waals surface area contributed by atoms with E-state index in [2.05, 4.69) is 10.6 Å². The minimum atomic E-state index is -0.780. The molecule has 7 heteroatoms. The normalized spacial score (nSPS) is 20.0. The Labute approximate surface area is 151 Å². The maximum absolute atomic E-state index is 12.6. The van der Waals surface area contributed by atoms with Gasteiger partial charge in [0.2, 0.25) is 5.91 Å². The average Bonchev–Trinajstić information content (AvgIpc) is 3.15. The minimum absolute atomic E-state index is 0.189. The average molecular weight is 364 g/mol. The van der Waals surface area contributed by atoms with Gasteiger partial charge in [0, 0.05) is 5.02 Å². The molecular formula is C18H22ClN3O3. The highest BCUT2D eigenvalue weighted by Gasteiger charge is 2.52. The third-order valence-electron chi connectivity index (χ3n) is 5.02. The molecule has 0 radical (unpaired) electrons. The van der Waals surface area contributed by atoms with Crippen LogP contribution >= 0.6 is 11.6 Å². The summed E-state index contributed by atoms with van der Waals surface area (Å²) in [6.07, 6.45) is 3.83. The third-order valence-corrected chi connectivity index (χ3v) is 5.27. The van der Waals surface area contributed by atoms with E-state index in [-0.39, 0.29) is 24.4 Å². The molecule has 1 aliphatic carbocycles. The zero-order chi connectivity index (χ0) is 18.0. The zero-order valence-corrected chi connectivity index (χ0v) is 14.9. The predicted molar refractivity (Wildman–Crippen MR) is 94.1 cm³/mol. The summed E-state index contributed by atoms with van der Waals surface area (Å²) < 4.78 is 0. The Bertz CT molecular complexity index is 683. The van der Waals surface area contributed by atoms with Crippen molar-refractivity contribution in [2.45, 2.75) is 50.6 Å². The van der Waals surface area contributed by atoms with Gasteiger partial charge in [-0.15, -0.1) is 0 Å². The number of urea groups is 1. The number of halogens is 1. The monoisotopic (exact) mass is 363 g/mol. The number of hydrogen-bond acceptors (Lipinski definition) is 3. The lowest BCUT2D eigenvalue weighted by atomic mass is 9.98. The summed E-state index contributed by atoms with van der Waals surface area (Å²) in [5.74, 6) is -0.620. The molecule has 134 valence electrons. The fraction of sp³-hybridized carbons (Fsp3) is 0.500. The molecule has 0 bridgehead atoms. The Kier molecular flexibility index (Phi) is 4.99. The molecule has 0 unspecified atom stereocenters. The largest absolute Gasteiger partial charge is 0.348 e. The minimum Gasteiger partial charge on any atom is -0.348 e. The molecule has 3 rings (SSSR count). The Morgan fingerprint density at radius 3 is 2.52 bits per heavy atom. The van der Waals surface area contributed by atoms with Crippen LogP contribution in [0.15, 0.2) is 24.3 Å². The van der Waals surface area contributed by atoms with E-state index in [1.54, 1.807) is 12.1 Å². The van der Waals surface area contributed by atoms with E-state index in [9.17, 15) is 14.4 Å². The zero-order valence-electron chi connectivity index (χ0n) is 14.2. The summed E-state index contributed by atoms with van der Waals surface area (Å²) in [6, 6.07) is 6.60. The van der Waals surface area contributed by atoms with E-state index >= 15 is 0 Å². The van der Waals surface area contributed by atoms with Gasteiger partial charge >= 0.3 is 6.03 Å². The van der Waals surface area contributed by atoms with Gasteiger partial charge in [-0.1, -0.05) is 43.5 Å². The van der Waals surface area contributed by atoms with E-state index in [1.807, 2.05) is 19.1 Å². The van der Waals surface area contributed by atoms with Gasteiger partial charge in [0.25, 0.3) is 5.91 Å².